The summed E-state index contributed by atoms with van der Waals surface area (Å²) in [5, 5.41) is 3.40. The van der Waals surface area contributed by atoms with Crippen LogP contribution in [0.3, 0.4) is 0 Å². The Morgan fingerprint density at radius 3 is 2.74 bits per heavy atom. The summed E-state index contributed by atoms with van der Waals surface area (Å²) in [5.74, 6) is 0.866. The number of nitrogens with zero attached hydrogens (tertiary/aromatic N) is 3. The molecule has 19 heavy (non-hydrogen) atoms. The first-order chi connectivity index (χ1) is 9.33. The SMILES string of the molecule is CC(CNc1cnc2ccccc2n1)N1CCCC1. The first-order valence-electron chi connectivity index (χ1n) is 7.02. The Balaban J connectivity index is 1.64. The highest BCUT2D eigenvalue weighted by Gasteiger charge is 2.17. The van der Waals surface area contributed by atoms with Crippen molar-refractivity contribution in [1.82, 2.24) is 14.9 Å². The second-order valence-corrected chi connectivity index (χ2v) is 5.22. The van der Waals surface area contributed by atoms with Gasteiger partial charge in [-0.05, 0) is 45.0 Å². The fourth-order valence-corrected chi connectivity index (χ4v) is 2.61. The maximum Gasteiger partial charge on any atom is 0.145 e. The van der Waals surface area contributed by atoms with Gasteiger partial charge in [-0.3, -0.25) is 9.88 Å². The second kappa shape index (κ2) is 5.53. The smallest absolute Gasteiger partial charge is 0.145 e. The van der Waals surface area contributed by atoms with Gasteiger partial charge in [0.1, 0.15) is 5.82 Å². The van der Waals surface area contributed by atoms with Gasteiger partial charge in [0.15, 0.2) is 0 Å². The number of hydrogen-bond donors (Lipinski definition) is 1. The molecule has 0 radical (unpaired) electrons. The topological polar surface area (TPSA) is 41.1 Å². The summed E-state index contributed by atoms with van der Waals surface area (Å²) in [7, 11) is 0. The van der Waals surface area contributed by atoms with E-state index in [9.17, 15) is 0 Å². The lowest BCUT2D eigenvalue weighted by Gasteiger charge is -2.24. The second-order valence-electron chi connectivity index (χ2n) is 5.22. The molecule has 0 amide bonds. The third-order valence-electron chi connectivity index (χ3n) is 3.79. The van der Waals surface area contributed by atoms with Gasteiger partial charge in [0.2, 0.25) is 0 Å². The van der Waals surface area contributed by atoms with Gasteiger partial charge in [-0.15, -0.1) is 0 Å². The van der Waals surface area contributed by atoms with E-state index in [1.54, 1.807) is 0 Å². The van der Waals surface area contributed by atoms with Gasteiger partial charge in [0.05, 0.1) is 17.2 Å². The lowest BCUT2D eigenvalue weighted by molar-refractivity contribution is 0.269. The molecular formula is C15H20N4. The fourth-order valence-electron chi connectivity index (χ4n) is 2.61. The van der Waals surface area contributed by atoms with E-state index in [0.29, 0.717) is 6.04 Å². The molecule has 100 valence electrons. The number of anilines is 1. The largest absolute Gasteiger partial charge is 0.367 e. The highest BCUT2D eigenvalue weighted by molar-refractivity contribution is 5.75. The van der Waals surface area contributed by atoms with Crippen molar-refractivity contribution < 1.29 is 0 Å². The van der Waals surface area contributed by atoms with Crippen LogP contribution in [0.25, 0.3) is 11.0 Å². The molecule has 2 heterocycles. The first kappa shape index (κ1) is 12.4. The predicted octanol–water partition coefficient (Wildman–Crippen LogP) is 2.53. The zero-order valence-electron chi connectivity index (χ0n) is 11.3. The highest BCUT2D eigenvalue weighted by atomic mass is 15.2. The number of nitrogens with one attached hydrogen (secondary N) is 1. The first-order valence-corrected chi connectivity index (χ1v) is 7.02. The number of aromatic nitrogens is 2. The predicted molar refractivity (Wildman–Crippen MR) is 78.3 cm³/mol. The summed E-state index contributed by atoms with van der Waals surface area (Å²) in [6.45, 7) is 5.65. The molecule has 0 spiro atoms. The molecule has 0 aliphatic carbocycles. The summed E-state index contributed by atoms with van der Waals surface area (Å²) >= 11 is 0. The number of fused-ring (bicyclic) bond motifs is 1. The molecule has 1 aromatic heterocycles. The zero-order valence-corrected chi connectivity index (χ0v) is 11.3. The van der Waals surface area contributed by atoms with E-state index in [2.05, 4.69) is 27.1 Å². The number of para-hydroxylation sites is 2. The summed E-state index contributed by atoms with van der Waals surface area (Å²) in [4.78, 5) is 11.5. The normalized spacial score (nSPS) is 17.7. The quantitative estimate of drug-likeness (QED) is 0.912. The van der Waals surface area contributed by atoms with Gasteiger partial charge in [0.25, 0.3) is 0 Å². The molecule has 1 atom stereocenters. The number of benzene rings is 1. The Kier molecular flexibility index (Phi) is 3.60. The van der Waals surface area contributed by atoms with Crippen LogP contribution in [-0.4, -0.2) is 40.5 Å². The minimum Gasteiger partial charge on any atom is -0.367 e. The van der Waals surface area contributed by atoms with Crippen LogP contribution in [0.5, 0.6) is 0 Å². The molecule has 0 bridgehead atoms. The van der Waals surface area contributed by atoms with E-state index < -0.39 is 0 Å². The Morgan fingerprint density at radius 2 is 1.95 bits per heavy atom. The van der Waals surface area contributed by atoms with E-state index in [1.165, 1.54) is 25.9 Å². The summed E-state index contributed by atoms with van der Waals surface area (Å²) in [6, 6.07) is 8.51. The Labute approximate surface area is 113 Å². The van der Waals surface area contributed by atoms with Crippen molar-refractivity contribution in [1.29, 1.82) is 0 Å². The van der Waals surface area contributed by atoms with Crippen molar-refractivity contribution >= 4 is 16.9 Å². The van der Waals surface area contributed by atoms with Gasteiger partial charge >= 0.3 is 0 Å². The van der Waals surface area contributed by atoms with Crippen molar-refractivity contribution in [2.24, 2.45) is 0 Å². The monoisotopic (exact) mass is 256 g/mol. The third kappa shape index (κ3) is 2.84. The molecule has 1 N–H and O–H groups in total. The Morgan fingerprint density at radius 1 is 1.21 bits per heavy atom. The molecular weight excluding hydrogens is 236 g/mol. The maximum atomic E-state index is 4.58. The van der Waals surface area contributed by atoms with E-state index >= 15 is 0 Å². The standard InChI is InChI=1S/C15H20N4/c1-12(19-8-4-5-9-19)10-17-15-11-16-13-6-2-3-7-14(13)18-15/h2-3,6-7,11-12H,4-5,8-10H2,1H3,(H,17,18). The van der Waals surface area contributed by atoms with Crippen LogP contribution in [-0.2, 0) is 0 Å². The maximum absolute atomic E-state index is 4.58. The Bertz CT molecular complexity index is 549. The molecule has 4 heteroatoms. The third-order valence-corrected chi connectivity index (χ3v) is 3.79. The molecule has 1 aromatic carbocycles. The summed E-state index contributed by atoms with van der Waals surface area (Å²) in [6.07, 6.45) is 4.49. The molecule has 4 nitrogen and oxygen atoms in total. The number of likely N-dealkylation sites (tertiary alicyclic amines) is 1. The lowest BCUT2D eigenvalue weighted by Crippen LogP contribution is -2.35. The van der Waals surface area contributed by atoms with Crippen LogP contribution in [0.2, 0.25) is 0 Å². The average molecular weight is 256 g/mol. The van der Waals surface area contributed by atoms with Crippen molar-refractivity contribution in [3.8, 4) is 0 Å². The van der Waals surface area contributed by atoms with E-state index in [1.807, 2.05) is 30.5 Å². The molecule has 1 fully saturated rings. The van der Waals surface area contributed by atoms with Gasteiger partial charge in [-0.1, -0.05) is 12.1 Å². The van der Waals surface area contributed by atoms with Gasteiger partial charge in [0, 0.05) is 12.6 Å². The van der Waals surface area contributed by atoms with Crippen LogP contribution < -0.4 is 5.32 Å². The van der Waals surface area contributed by atoms with E-state index in [-0.39, 0.29) is 0 Å². The van der Waals surface area contributed by atoms with Crippen LogP contribution in [0, 0.1) is 0 Å². The van der Waals surface area contributed by atoms with Gasteiger partial charge < -0.3 is 5.32 Å². The van der Waals surface area contributed by atoms with E-state index in [0.717, 1.165) is 23.4 Å². The number of hydrogen-bond acceptors (Lipinski definition) is 4. The van der Waals surface area contributed by atoms with E-state index in [4.69, 9.17) is 0 Å². The zero-order chi connectivity index (χ0) is 13.1. The summed E-state index contributed by atoms with van der Waals surface area (Å²) in [5.41, 5.74) is 1.89. The minimum atomic E-state index is 0.552. The molecule has 1 saturated heterocycles. The molecule has 3 rings (SSSR count). The fraction of sp³-hybridized carbons (Fsp3) is 0.467. The van der Waals surface area contributed by atoms with Gasteiger partial charge in [-0.25, -0.2) is 4.98 Å². The molecule has 2 aromatic rings. The van der Waals surface area contributed by atoms with Crippen LogP contribution >= 0.6 is 0 Å². The lowest BCUT2D eigenvalue weighted by atomic mass is 10.3. The molecule has 1 aliphatic heterocycles. The van der Waals surface area contributed by atoms with Crippen LogP contribution in [0.15, 0.2) is 30.5 Å². The van der Waals surface area contributed by atoms with Crippen molar-refractivity contribution in [2.75, 3.05) is 25.0 Å². The van der Waals surface area contributed by atoms with Crippen LogP contribution in [0.4, 0.5) is 5.82 Å². The highest BCUT2D eigenvalue weighted by Crippen LogP contribution is 2.14. The van der Waals surface area contributed by atoms with Crippen molar-refractivity contribution in [2.45, 2.75) is 25.8 Å². The van der Waals surface area contributed by atoms with Crippen molar-refractivity contribution in [3.63, 3.8) is 0 Å². The van der Waals surface area contributed by atoms with Gasteiger partial charge in [-0.2, -0.15) is 0 Å². The molecule has 0 saturated carbocycles. The van der Waals surface area contributed by atoms with Crippen LogP contribution in [0.1, 0.15) is 19.8 Å². The number of rotatable bonds is 4. The average Bonchev–Trinajstić information content (AvgIpc) is 2.99. The molecule has 1 unspecified atom stereocenters. The van der Waals surface area contributed by atoms with Crippen molar-refractivity contribution in [3.05, 3.63) is 30.5 Å². The minimum absolute atomic E-state index is 0.552. The molecule has 1 aliphatic rings. The Hall–Kier alpha value is -1.68. The summed E-state index contributed by atoms with van der Waals surface area (Å²) < 4.78 is 0.